The maximum absolute atomic E-state index is 11.8. The second-order valence-electron chi connectivity index (χ2n) is 5.13. The van der Waals surface area contributed by atoms with Crippen molar-refractivity contribution in [3.63, 3.8) is 0 Å². The number of unbranched alkanes of at least 4 members (excludes halogenated alkanes) is 1. The molecule has 1 aliphatic heterocycles. The number of rotatable bonds is 6. The zero-order chi connectivity index (χ0) is 12.7. The van der Waals surface area contributed by atoms with Crippen LogP contribution in [0.15, 0.2) is 0 Å². The molecular weight excluding hydrogens is 214 g/mol. The van der Waals surface area contributed by atoms with Crippen molar-refractivity contribution < 1.29 is 4.79 Å². The van der Waals surface area contributed by atoms with Gasteiger partial charge in [-0.1, -0.05) is 20.3 Å². The van der Waals surface area contributed by atoms with Gasteiger partial charge < -0.3 is 10.6 Å². The van der Waals surface area contributed by atoms with Crippen molar-refractivity contribution in [2.45, 2.75) is 33.1 Å². The van der Waals surface area contributed by atoms with Crippen LogP contribution < -0.4 is 5.73 Å². The van der Waals surface area contributed by atoms with Crippen LogP contribution in [0.25, 0.3) is 0 Å². The summed E-state index contributed by atoms with van der Waals surface area (Å²) in [6.45, 7) is 9.89. The first-order valence-corrected chi connectivity index (χ1v) is 6.87. The highest BCUT2D eigenvalue weighted by molar-refractivity contribution is 5.76. The van der Waals surface area contributed by atoms with Gasteiger partial charge in [0.15, 0.2) is 0 Å². The molecule has 1 amide bonds. The zero-order valence-electron chi connectivity index (χ0n) is 11.3. The Morgan fingerprint density at radius 2 is 1.94 bits per heavy atom. The molecule has 1 heterocycles. The molecule has 17 heavy (non-hydrogen) atoms. The average molecular weight is 241 g/mol. The van der Waals surface area contributed by atoms with Gasteiger partial charge in [-0.25, -0.2) is 0 Å². The maximum atomic E-state index is 11.8. The van der Waals surface area contributed by atoms with Crippen LogP contribution in [-0.2, 0) is 4.79 Å². The first kappa shape index (κ1) is 14.5. The highest BCUT2D eigenvalue weighted by Gasteiger charge is 2.21. The Labute approximate surface area is 105 Å². The number of carbonyl (C=O) groups is 1. The number of hydrogen-bond acceptors (Lipinski definition) is 3. The molecule has 1 rings (SSSR count). The lowest BCUT2D eigenvalue weighted by Crippen LogP contribution is -2.50. The van der Waals surface area contributed by atoms with Crippen LogP contribution in [-0.4, -0.2) is 55.0 Å². The highest BCUT2D eigenvalue weighted by Crippen LogP contribution is 2.08. The largest absolute Gasteiger partial charge is 0.340 e. The summed E-state index contributed by atoms with van der Waals surface area (Å²) in [4.78, 5) is 16.3. The molecule has 0 aromatic heterocycles. The van der Waals surface area contributed by atoms with Crippen LogP contribution in [0.2, 0.25) is 0 Å². The second kappa shape index (κ2) is 7.67. The first-order chi connectivity index (χ1) is 8.17. The summed E-state index contributed by atoms with van der Waals surface area (Å²) < 4.78 is 0. The standard InChI is InChI=1S/C13H27N3O/c1-3-4-5-13(17)16-8-6-15(7-9-16)11-12(2)10-14/h12H,3-11,14H2,1-2H3. The SMILES string of the molecule is CCCCC(=O)N1CCN(CC(C)CN)CC1. The quantitative estimate of drug-likeness (QED) is 0.752. The van der Waals surface area contributed by atoms with Crippen LogP contribution in [0.4, 0.5) is 0 Å². The molecule has 0 saturated carbocycles. The molecule has 0 aromatic rings. The van der Waals surface area contributed by atoms with Gasteiger partial charge in [-0.15, -0.1) is 0 Å². The van der Waals surface area contributed by atoms with E-state index in [1.165, 1.54) is 0 Å². The predicted octanol–water partition coefficient (Wildman–Crippen LogP) is 0.916. The highest BCUT2D eigenvalue weighted by atomic mass is 16.2. The smallest absolute Gasteiger partial charge is 0.222 e. The van der Waals surface area contributed by atoms with Gasteiger partial charge in [0.2, 0.25) is 5.91 Å². The summed E-state index contributed by atoms with van der Waals surface area (Å²) >= 11 is 0. The van der Waals surface area contributed by atoms with Crippen LogP contribution in [0.5, 0.6) is 0 Å². The summed E-state index contributed by atoms with van der Waals surface area (Å²) in [6, 6.07) is 0. The lowest BCUT2D eigenvalue weighted by molar-refractivity contribution is -0.133. The molecule has 0 aliphatic carbocycles. The molecule has 1 unspecified atom stereocenters. The molecule has 1 aliphatic rings. The van der Waals surface area contributed by atoms with E-state index >= 15 is 0 Å². The number of amides is 1. The van der Waals surface area contributed by atoms with Gasteiger partial charge in [-0.2, -0.15) is 0 Å². The Kier molecular flexibility index (Phi) is 6.52. The lowest BCUT2D eigenvalue weighted by Gasteiger charge is -2.35. The Bertz CT molecular complexity index is 225. The van der Waals surface area contributed by atoms with Gasteiger partial charge in [-0.05, 0) is 18.9 Å². The van der Waals surface area contributed by atoms with Crippen molar-refractivity contribution >= 4 is 5.91 Å². The summed E-state index contributed by atoms with van der Waals surface area (Å²) in [5.74, 6) is 0.885. The van der Waals surface area contributed by atoms with E-state index in [0.29, 0.717) is 11.8 Å². The van der Waals surface area contributed by atoms with Crippen LogP contribution >= 0.6 is 0 Å². The minimum Gasteiger partial charge on any atom is -0.340 e. The molecule has 0 radical (unpaired) electrons. The van der Waals surface area contributed by atoms with E-state index in [-0.39, 0.29) is 0 Å². The molecule has 0 spiro atoms. The van der Waals surface area contributed by atoms with E-state index in [2.05, 4.69) is 18.7 Å². The fourth-order valence-corrected chi connectivity index (χ4v) is 2.18. The Morgan fingerprint density at radius 1 is 1.29 bits per heavy atom. The van der Waals surface area contributed by atoms with Crippen LogP contribution in [0.3, 0.4) is 0 Å². The number of piperazine rings is 1. The predicted molar refractivity (Wildman–Crippen MR) is 70.8 cm³/mol. The van der Waals surface area contributed by atoms with E-state index in [1.807, 2.05) is 4.90 Å². The molecular formula is C13H27N3O. The minimum absolute atomic E-state index is 0.332. The van der Waals surface area contributed by atoms with Crippen molar-refractivity contribution in [2.75, 3.05) is 39.3 Å². The van der Waals surface area contributed by atoms with Gasteiger partial charge in [0.25, 0.3) is 0 Å². The third-order valence-corrected chi connectivity index (χ3v) is 3.44. The molecule has 100 valence electrons. The van der Waals surface area contributed by atoms with Crippen LogP contribution in [0, 0.1) is 5.92 Å². The molecule has 1 atom stereocenters. The molecule has 0 aromatic carbocycles. The molecule has 4 heteroatoms. The third kappa shape index (κ3) is 5.04. The number of nitrogens with zero attached hydrogens (tertiary/aromatic N) is 2. The Morgan fingerprint density at radius 3 is 2.47 bits per heavy atom. The van der Waals surface area contributed by atoms with E-state index in [4.69, 9.17) is 5.73 Å². The average Bonchev–Trinajstić information content (AvgIpc) is 2.36. The normalized spacial score (nSPS) is 19.4. The van der Waals surface area contributed by atoms with Crippen molar-refractivity contribution in [3.05, 3.63) is 0 Å². The van der Waals surface area contributed by atoms with Gasteiger partial charge in [0.05, 0.1) is 0 Å². The zero-order valence-corrected chi connectivity index (χ0v) is 11.3. The van der Waals surface area contributed by atoms with Gasteiger partial charge >= 0.3 is 0 Å². The minimum atomic E-state index is 0.332. The van der Waals surface area contributed by atoms with Crippen LogP contribution in [0.1, 0.15) is 33.1 Å². The lowest BCUT2D eigenvalue weighted by atomic mass is 10.1. The van der Waals surface area contributed by atoms with E-state index in [9.17, 15) is 4.79 Å². The van der Waals surface area contributed by atoms with Gasteiger partial charge in [0.1, 0.15) is 0 Å². The Hall–Kier alpha value is -0.610. The van der Waals surface area contributed by atoms with Crippen molar-refractivity contribution in [3.8, 4) is 0 Å². The van der Waals surface area contributed by atoms with Crippen molar-refractivity contribution in [1.82, 2.24) is 9.80 Å². The molecule has 1 saturated heterocycles. The summed E-state index contributed by atoms with van der Waals surface area (Å²) in [6.07, 6.45) is 2.83. The fourth-order valence-electron chi connectivity index (χ4n) is 2.18. The molecule has 4 nitrogen and oxygen atoms in total. The third-order valence-electron chi connectivity index (χ3n) is 3.44. The van der Waals surface area contributed by atoms with E-state index in [1.54, 1.807) is 0 Å². The molecule has 0 bridgehead atoms. The molecule has 2 N–H and O–H groups in total. The maximum Gasteiger partial charge on any atom is 0.222 e. The topological polar surface area (TPSA) is 49.6 Å². The first-order valence-electron chi connectivity index (χ1n) is 6.87. The summed E-state index contributed by atoms with van der Waals surface area (Å²) in [5, 5.41) is 0. The number of carbonyl (C=O) groups excluding carboxylic acids is 1. The monoisotopic (exact) mass is 241 g/mol. The van der Waals surface area contributed by atoms with Crippen molar-refractivity contribution in [1.29, 1.82) is 0 Å². The summed E-state index contributed by atoms with van der Waals surface area (Å²) in [7, 11) is 0. The Balaban J connectivity index is 2.23. The number of nitrogens with two attached hydrogens (primary N) is 1. The van der Waals surface area contributed by atoms with Crippen molar-refractivity contribution in [2.24, 2.45) is 11.7 Å². The molecule has 1 fully saturated rings. The van der Waals surface area contributed by atoms with E-state index in [0.717, 1.165) is 58.5 Å². The number of hydrogen-bond donors (Lipinski definition) is 1. The van der Waals surface area contributed by atoms with Gasteiger partial charge in [-0.3, -0.25) is 9.69 Å². The van der Waals surface area contributed by atoms with E-state index < -0.39 is 0 Å². The second-order valence-corrected chi connectivity index (χ2v) is 5.13. The van der Waals surface area contributed by atoms with Gasteiger partial charge in [0, 0.05) is 39.1 Å². The summed E-state index contributed by atoms with van der Waals surface area (Å²) in [5.41, 5.74) is 5.63. The fraction of sp³-hybridized carbons (Fsp3) is 0.923.